The SMILES string of the molecule is NC(=O)COc1cccc(NC(=O)c2cccc(=O)[nH]2)c1. The number of amides is 2. The quantitative estimate of drug-likeness (QED) is 0.742. The number of hydrogen-bond donors (Lipinski definition) is 3. The van der Waals surface area contributed by atoms with Gasteiger partial charge in [0.05, 0.1) is 0 Å². The van der Waals surface area contributed by atoms with E-state index in [-0.39, 0.29) is 17.9 Å². The van der Waals surface area contributed by atoms with E-state index in [0.717, 1.165) is 0 Å². The van der Waals surface area contributed by atoms with Crippen molar-refractivity contribution in [3.05, 3.63) is 58.5 Å². The number of anilines is 1. The lowest BCUT2D eigenvalue weighted by molar-refractivity contribution is -0.119. The zero-order chi connectivity index (χ0) is 15.2. The van der Waals surface area contributed by atoms with E-state index in [0.29, 0.717) is 11.4 Å². The third kappa shape index (κ3) is 4.20. The van der Waals surface area contributed by atoms with E-state index < -0.39 is 11.8 Å². The van der Waals surface area contributed by atoms with Gasteiger partial charge in [-0.05, 0) is 18.2 Å². The van der Waals surface area contributed by atoms with E-state index in [2.05, 4.69) is 10.3 Å². The molecule has 0 aliphatic rings. The molecule has 108 valence electrons. The van der Waals surface area contributed by atoms with Gasteiger partial charge in [-0.15, -0.1) is 0 Å². The van der Waals surface area contributed by atoms with Crippen LogP contribution in [0.5, 0.6) is 5.75 Å². The van der Waals surface area contributed by atoms with Crippen molar-refractivity contribution in [2.75, 3.05) is 11.9 Å². The molecule has 0 saturated carbocycles. The Balaban J connectivity index is 2.09. The molecule has 21 heavy (non-hydrogen) atoms. The van der Waals surface area contributed by atoms with Gasteiger partial charge in [-0.3, -0.25) is 14.4 Å². The molecular weight excluding hydrogens is 274 g/mol. The largest absolute Gasteiger partial charge is 0.484 e. The van der Waals surface area contributed by atoms with Crippen molar-refractivity contribution in [3.63, 3.8) is 0 Å². The number of hydrogen-bond acceptors (Lipinski definition) is 4. The van der Waals surface area contributed by atoms with Gasteiger partial charge in [0.15, 0.2) is 6.61 Å². The maximum Gasteiger partial charge on any atom is 0.272 e. The fraction of sp³-hybridized carbons (Fsp3) is 0.0714. The van der Waals surface area contributed by atoms with Crippen molar-refractivity contribution < 1.29 is 14.3 Å². The van der Waals surface area contributed by atoms with Crippen LogP contribution in [-0.4, -0.2) is 23.4 Å². The summed E-state index contributed by atoms with van der Waals surface area (Å²) in [6.45, 7) is -0.247. The van der Waals surface area contributed by atoms with Crippen molar-refractivity contribution in [3.8, 4) is 5.75 Å². The summed E-state index contributed by atoms with van der Waals surface area (Å²) in [5.74, 6) is -0.654. The van der Waals surface area contributed by atoms with Gasteiger partial charge in [0.1, 0.15) is 11.4 Å². The summed E-state index contributed by atoms with van der Waals surface area (Å²) in [6.07, 6.45) is 0. The second kappa shape index (κ2) is 6.38. The minimum absolute atomic E-state index is 0.144. The molecule has 0 aliphatic carbocycles. The van der Waals surface area contributed by atoms with Crippen LogP contribution in [0.1, 0.15) is 10.5 Å². The molecule has 1 aromatic carbocycles. The molecule has 0 bridgehead atoms. The van der Waals surface area contributed by atoms with Crippen LogP contribution in [0.4, 0.5) is 5.69 Å². The van der Waals surface area contributed by atoms with E-state index in [1.807, 2.05) is 0 Å². The van der Waals surface area contributed by atoms with E-state index >= 15 is 0 Å². The van der Waals surface area contributed by atoms with Gasteiger partial charge >= 0.3 is 0 Å². The number of nitrogens with two attached hydrogens (primary N) is 1. The Morgan fingerprint density at radius 2 is 1.95 bits per heavy atom. The molecule has 1 heterocycles. The highest BCUT2D eigenvalue weighted by Gasteiger charge is 2.07. The molecule has 0 fully saturated rings. The molecule has 1 aromatic heterocycles. The van der Waals surface area contributed by atoms with Crippen molar-refractivity contribution >= 4 is 17.5 Å². The molecule has 0 atom stereocenters. The summed E-state index contributed by atoms with van der Waals surface area (Å²) < 4.78 is 5.13. The van der Waals surface area contributed by atoms with Crippen molar-refractivity contribution in [2.24, 2.45) is 5.73 Å². The average molecular weight is 287 g/mol. The minimum atomic E-state index is -0.591. The van der Waals surface area contributed by atoms with Crippen LogP contribution < -0.4 is 21.3 Å². The number of rotatable bonds is 5. The van der Waals surface area contributed by atoms with Gasteiger partial charge in [-0.2, -0.15) is 0 Å². The zero-order valence-corrected chi connectivity index (χ0v) is 11.0. The summed E-state index contributed by atoms with van der Waals surface area (Å²) in [5.41, 5.74) is 5.23. The summed E-state index contributed by atoms with van der Waals surface area (Å²) in [5, 5.41) is 2.61. The fourth-order valence-corrected chi connectivity index (χ4v) is 1.60. The second-order valence-corrected chi connectivity index (χ2v) is 4.17. The lowest BCUT2D eigenvalue weighted by Crippen LogP contribution is -2.20. The normalized spacial score (nSPS) is 9.90. The summed E-state index contributed by atoms with van der Waals surface area (Å²) in [4.78, 5) is 36.2. The van der Waals surface area contributed by atoms with Crippen molar-refractivity contribution in [1.29, 1.82) is 0 Å². The summed E-state index contributed by atoms with van der Waals surface area (Å²) in [7, 11) is 0. The number of carbonyl (C=O) groups is 2. The smallest absolute Gasteiger partial charge is 0.272 e. The van der Waals surface area contributed by atoms with E-state index in [1.54, 1.807) is 24.3 Å². The van der Waals surface area contributed by atoms with Crippen LogP contribution in [0, 0.1) is 0 Å². The Hall–Kier alpha value is -3.09. The molecule has 0 spiro atoms. The highest BCUT2D eigenvalue weighted by Crippen LogP contribution is 2.17. The van der Waals surface area contributed by atoms with Gasteiger partial charge in [-0.1, -0.05) is 12.1 Å². The maximum absolute atomic E-state index is 11.9. The van der Waals surface area contributed by atoms with Crippen molar-refractivity contribution in [1.82, 2.24) is 4.98 Å². The first-order valence-corrected chi connectivity index (χ1v) is 6.06. The molecule has 7 heteroatoms. The molecule has 2 aromatic rings. The van der Waals surface area contributed by atoms with Gasteiger partial charge in [-0.25, -0.2) is 0 Å². The second-order valence-electron chi connectivity index (χ2n) is 4.17. The molecule has 7 nitrogen and oxygen atoms in total. The predicted octanol–water partition coefficient (Wildman–Crippen LogP) is 0.491. The standard InChI is InChI=1S/C14H13N3O4/c15-12(18)8-21-10-4-1-3-9(7-10)16-14(20)11-5-2-6-13(19)17-11/h1-7H,8H2,(H2,15,18)(H,16,20)(H,17,19). The van der Waals surface area contributed by atoms with Crippen LogP contribution >= 0.6 is 0 Å². The Bertz CT molecular complexity index is 724. The number of aromatic nitrogens is 1. The minimum Gasteiger partial charge on any atom is -0.484 e. The van der Waals surface area contributed by atoms with Crippen LogP contribution in [0.15, 0.2) is 47.3 Å². The zero-order valence-electron chi connectivity index (χ0n) is 11.0. The van der Waals surface area contributed by atoms with Gasteiger partial charge < -0.3 is 20.8 Å². The predicted molar refractivity (Wildman–Crippen MR) is 76.1 cm³/mol. The lowest BCUT2D eigenvalue weighted by Gasteiger charge is -2.08. The Kier molecular flexibility index (Phi) is 4.35. The average Bonchev–Trinajstić information content (AvgIpc) is 2.45. The molecule has 0 radical (unpaired) electrons. The van der Waals surface area contributed by atoms with Crippen molar-refractivity contribution in [2.45, 2.75) is 0 Å². The van der Waals surface area contributed by atoms with Crippen LogP contribution in [0.25, 0.3) is 0 Å². The third-order valence-corrected chi connectivity index (χ3v) is 2.49. The molecule has 0 unspecified atom stereocenters. The monoisotopic (exact) mass is 287 g/mol. The number of H-pyrrole nitrogens is 1. The first-order chi connectivity index (χ1) is 10.0. The van der Waals surface area contributed by atoms with E-state index in [1.165, 1.54) is 18.2 Å². The molecular formula is C14H13N3O4. The first-order valence-electron chi connectivity index (χ1n) is 6.06. The molecule has 2 rings (SSSR count). The highest BCUT2D eigenvalue weighted by molar-refractivity contribution is 6.02. The maximum atomic E-state index is 11.9. The number of pyridine rings is 1. The van der Waals surface area contributed by atoms with Crippen LogP contribution in [0.2, 0.25) is 0 Å². The molecule has 0 saturated heterocycles. The summed E-state index contributed by atoms with van der Waals surface area (Å²) in [6, 6.07) is 10.8. The van der Waals surface area contributed by atoms with Crippen LogP contribution in [0.3, 0.4) is 0 Å². The van der Waals surface area contributed by atoms with Crippen LogP contribution in [-0.2, 0) is 4.79 Å². The van der Waals surface area contributed by atoms with E-state index in [9.17, 15) is 14.4 Å². The van der Waals surface area contributed by atoms with E-state index in [4.69, 9.17) is 10.5 Å². The number of benzene rings is 1. The summed E-state index contributed by atoms with van der Waals surface area (Å²) >= 11 is 0. The number of primary amides is 1. The Morgan fingerprint density at radius 3 is 2.67 bits per heavy atom. The number of carbonyl (C=O) groups excluding carboxylic acids is 2. The third-order valence-electron chi connectivity index (χ3n) is 2.49. The molecule has 4 N–H and O–H groups in total. The molecule has 2 amide bonds. The lowest BCUT2D eigenvalue weighted by atomic mass is 10.2. The highest BCUT2D eigenvalue weighted by atomic mass is 16.5. The molecule has 0 aliphatic heterocycles. The van der Waals surface area contributed by atoms with Gasteiger partial charge in [0.2, 0.25) is 5.56 Å². The first kappa shape index (κ1) is 14.3. The fourth-order valence-electron chi connectivity index (χ4n) is 1.60. The number of ether oxygens (including phenoxy) is 1. The topological polar surface area (TPSA) is 114 Å². The van der Waals surface area contributed by atoms with Gasteiger partial charge in [0.25, 0.3) is 11.8 Å². The number of aromatic amines is 1. The Labute approximate surface area is 119 Å². The Morgan fingerprint density at radius 1 is 1.19 bits per heavy atom. The van der Waals surface area contributed by atoms with Gasteiger partial charge in [0, 0.05) is 17.8 Å². The number of nitrogens with one attached hydrogen (secondary N) is 2.